The van der Waals surface area contributed by atoms with Crippen LogP contribution in [0.4, 0.5) is 10.7 Å². The first-order valence-corrected chi connectivity index (χ1v) is 3.74. The molecule has 0 fully saturated rings. The van der Waals surface area contributed by atoms with Crippen molar-refractivity contribution in [2.45, 2.75) is 6.92 Å². The topological polar surface area (TPSA) is 113 Å². The Morgan fingerprint density at radius 3 is 3.07 bits per heavy atom. The Morgan fingerprint density at radius 2 is 2.50 bits per heavy atom. The summed E-state index contributed by atoms with van der Waals surface area (Å²) in [4.78, 5) is 31.1. The number of amides is 2. The zero-order chi connectivity index (χ0) is 10.6. The molecule has 1 aromatic rings. The highest BCUT2D eigenvalue weighted by atomic mass is 16.2. The van der Waals surface area contributed by atoms with E-state index in [0.29, 0.717) is 5.69 Å². The maximum atomic E-state index is 10.9. The van der Waals surface area contributed by atoms with E-state index in [1.165, 1.54) is 6.07 Å². The van der Waals surface area contributed by atoms with Crippen molar-refractivity contribution < 1.29 is 4.79 Å². The van der Waals surface area contributed by atoms with Gasteiger partial charge in [-0.15, -0.1) is 0 Å². The molecule has 1 heterocycles. The molecule has 0 atom stereocenters. The highest BCUT2D eigenvalue weighted by Crippen LogP contribution is 1.97. The molecular formula is C7H9N5O2. The van der Waals surface area contributed by atoms with Gasteiger partial charge < -0.3 is 5.73 Å². The Balaban J connectivity index is 2.81. The SMILES string of the molecule is Cc1cc(=O)[nH]c(/N=C/NC(N)=O)n1. The van der Waals surface area contributed by atoms with Gasteiger partial charge in [-0.1, -0.05) is 0 Å². The van der Waals surface area contributed by atoms with Crippen LogP contribution in [0.2, 0.25) is 0 Å². The van der Waals surface area contributed by atoms with E-state index < -0.39 is 6.03 Å². The van der Waals surface area contributed by atoms with Gasteiger partial charge in [0.1, 0.15) is 6.34 Å². The molecule has 4 N–H and O–H groups in total. The molecule has 0 unspecified atom stereocenters. The summed E-state index contributed by atoms with van der Waals surface area (Å²) in [6.45, 7) is 1.66. The molecule has 7 nitrogen and oxygen atoms in total. The second-order valence-corrected chi connectivity index (χ2v) is 2.48. The highest BCUT2D eigenvalue weighted by Gasteiger charge is 1.94. The van der Waals surface area contributed by atoms with Crippen LogP contribution in [-0.2, 0) is 0 Å². The Kier molecular flexibility index (Phi) is 2.95. The van der Waals surface area contributed by atoms with Crippen LogP contribution in [0.25, 0.3) is 0 Å². The lowest BCUT2D eigenvalue weighted by Crippen LogP contribution is -2.27. The number of rotatable bonds is 2. The largest absolute Gasteiger partial charge is 0.351 e. The van der Waals surface area contributed by atoms with Crippen LogP contribution in [0.15, 0.2) is 15.9 Å². The molecule has 0 radical (unpaired) electrons. The van der Waals surface area contributed by atoms with Gasteiger partial charge in [0.05, 0.1) is 0 Å². The molecule has 2 amide bonds. The number of hydrogen-bond donors (Lipinski definition) is 3. The number of H-pyrrole nitrogens is 1. The zero-order valence-electron chi connectivity index (χ0n) is 7.44. The number of aliphatic imine (C=N–C) groups is 1. The zero-order valence-corrected chi connectivity index (χ0v) is 7.44. The third-order valence-corrected chi connectivity index (χ3v) is 1.25. The van der Waals surface area contributed by atoms with E-state index in [0.717, 1.165) is 6.34 Å². The van der Waals surface area contributed by atoms with E-state index >= 15 is 0 Å². The van der Waals surface area contributed by atoms with E-state index in [2.05, 4.69) is 20.3 Å². The first kappa shape index (κ1) is 9.90. The number of hydrogen-bond acceptors (Lipinski definition) is 4. The van der Waals surface area contributed by atoms with Crippen LogP contribution in [-0.4, -0.2) is 22.3 Å². The maximum Gasteiger partial charge on any atom is 0.317 e. The minimum Gasteiger partial charge on any atom is -0.351 e. The summed E-state index contributed by atoms with van der Waals surface area (Å²) in [5.74, 6) is 0.115. The smallest absolute Gasteiger partial charge is 0.317 e. The lowest BCUT2D eigenvalue weighted by molar-refractivity contribution is 0.253. The van der Waals surface area contributed by atoms with Gasteiger partial charge in [0, 0.05) is 11.8 Å². The van der Waals surface area contributed by atoms with E-state index in [1.54, 1.807) is 6.92 Å². The molecule has 0 saturated carbocycles. The minimum absolute atomic E-state index is 0.115. The van der Waals surface area contributed by atoms with Crippen molar-refractivity contribution >= 4 is 18.3 Å². The normalized spacial score (nSPS) is 10.4. The molecule has 0 aromatic carbocycles. The number of aromatic nitrogens is 2. The fraction of sp³-hybridized carbons (Fsp3) is 0.143. The van der Waals surface area contributed by atoms with Crippen LogP contribution < -0.4 is 16.6 Å². The number of nitrogens with one attached hydrogen (secondary N) is 2. The van der Waals surface area contributed by atoms with Gasteiger partial charge in [-0.25, -0.2) is 14.8 Å². The van der Waals surface area contributed by atoms with Crippen molar-refractivity contribution in [1.82, 2.24) is 15.3 Å². The molecule has 0 bridgehead atoms. The Bertz CT molecular complexity index is 422. The summed E-state index contributed by atoms with van der Waals surface area (Å²) in [6.07, 6.45) is 1.06. The second kappa shape index (κ2) is 4.17. The fourth-order valence-electron chi connectivity index (χ4n) is 0.781. The van der Waals surface area contributed by atoms with Gasteiger partial charge in [-0.2, -0.15) is 0 Å². The molecule has 0 saturated heterocycles. The second-order valence-electron chi connectivity index (χ2n) is 2.48. The molecule has 1 rings (SSSR count). The van der Waals surface area contributed by atoms with E-state index in [4.69, 9.17) is 5.73 Å². The molecule has 0 aliphatic heterocycles. The molecular weight excluding hydrogens is 186 g/mol. The predicted molar refractivity (Wildman–Crippen MR) is 50.5 cm³/mol. The van der Waals surface area contributed by atoms with Crippen LogP contribution in [0.3, 0.4) is 0 Å². The number of carbonyl (C=O) groups excluding carboxylic acids is 1. The predicted octanol–water partition coefficient (Wildman–Crippen LogP) is -0.594. The van der Waals surface area contributed by atoms with Crippen molar-refractivity contribution in [3.8, 4) is 0 Å². The lowest BCUT2D eigenvalue weighted by Gasteiger charge is -1.94. The van der Waals surface area contributed by atoms with Gasteiger partial charge in [-0.3, -0.25) is 15.1 Å². The minimum atomic E-state index is -0.733. The molecule has 0 spiro atoms. The molecule has 14 heavy (non-hydrogen) atoms. The first-order chi connectivity index (χ1) is 6.58. The number of carbonyl (C=O) groups is 1. The first-order valence-electron chi connectivity index (χ1n) is 3.74. The van der Waals surface area contributed by atoms with Gasteiger partial charge in [-0.05, 0) is 6.92 Å². The van der Waals surface area contributed by atoms with Crippen LogP contribution in [0.1, 0.15) is 5.69 Å². The molecule has 0 aliphatic carbocycles. The maximum absolute atomic E-state index is 10.9. The Labute approximate surface area is 79.1 Å². The summed E-state index contributed by atoms with van der Waals surface area (Å²) in [5.41, 5.74) is 5.02. The fourth-order valence-corrected chi connectivity index (χ4v) is 0.781. The number of aryl methyl sites for hydroxylation is 1. The van der Waals surface area contributed by atoms with E-state index in [9.17, 15) is 9.59 Å². The summed E-state index contributed by atoms with van der Waals surface area (Å²) in [6, 6.07) is 0.601. The van der Waals surface area contributed by atoms with Crippen LogP contribution in [0.5, 0.6) is 0 Å². The third kappa shape index (κ3) is 3.05. The number of nitrogens with zero attached hydrogens (tertiary/aromatic N) is 2. The quantitative estimate of drug-likeness (QED) is 0.432. The van der Waals surface area contributed by atoms with Crippen molar-refractivity contribution in [2.24, 2.45) is 10.7 Å². The summed E-state index contributed by atoms with van der Waals surface area (Å²) in [7, 11) is 0. The van der Waals surface area contributed by atoms with Gasteiger partial charge in [0.25, 0.3) is 5.56 Å². The van der Waals surface area contributed by atoms with Crippen molar-refractivity contribution in [3.05, 3.63) is 22.1 Å². The summed E-state index contributed by atoms with van der Waals surface area (Å²) < 4.78 is 0. The Morgan fingerprint density at radius 1 is 1.79 bits per heavy atom. The molecule has 7 heteroatoms. The average Bonchev–Trinajstić information content (AvgIpc) is 2.01. The summed E-state index contributed by atoms with van der Waals surface area (Å²) >= 11 is 0. The molecule has 1 aromatic heterocycles. The Hall–Kier alpha value is -2.18. The van der Waals surface area contributed by atoms with E-state index in [1.807, 2.05) is 0 Å². The van der Waals surface area contributed by atoms with Gasteiger partial charge in [0.15, 0.2) is 0 Å². The number of primary amides is 1. The highest BCUT2D eigenvalue weighted by molar-refractivity contribution is 5.85. The molecule has 0 aliphatic rings. The number of aromatic amines is 1. The van der Waals surface area contributed by atoms with Gasteiger partial charge >= 0.3 is 6.03 Å². The monoisotopic (exact) mass is 195 g/mol. The van der Waals surface area contributed by atoms with Crippen molar-refractivity contribution in [3.63, 3.8) is 0 Å². The van der Waals surface area contributed by atoms with Crippen LogP contribution in [0, 0.1) is 6.92 Å². The average molecular weight is 195 g/mol. The van der Waals surface area contributed by atoms with Gasteiger partial charge in [0.2, 0.25) is 5.95 Å². The number of urea groups is 1. The van der Waals surface area contributed by atoms with E-state index in [-0.39, 0.29) is 11.5 Å². The summed E-state index contributed by atoms with van der Waals surface area (Å²) in [5, 5.41) is 2.12. The van der Waals surface area contributed by atoms with Crippen LogP contribution >= 0.6 is 0 Å². The lowest BCUT2D eigenvalue weighted by atomic mass is 10.5. The molecule has 74 valence electrons. The number of nitrogens with two attached hydrogens (primary N) is 1. The van der Waals surface area contributed by atoms with Crippen molar-refractivity contribution in [1.29, 1.82) is 0 Å². The third-order valence-electron chi connectivity index (χ3n) is 1.25. The standard InChI is InChI=1S/C7H9N5O2/c1-4-2-5(13)12-7(11-4)10-3-9-6(8)14/h2-3H,1H3,(H4,8,9,10,11,12,13,14). The van der Waals surface area contributed by atoms with Crippen molar-refractivity contribution in [2.75, 3.05) is 0 Å².